The topological polar surface area (TPSA) is 43.1 Å². The Morgan fingerprint density at radius 1 is 1.11 bits per heavy atom. The van der Waals surface area contributed by atoms with Crippen molar-refractivity contribution < 1.29 is 4.21 Å². The van der Waals surface area contributed by atoms with Crippen LogP contribution in [-0.2, 0) is 10.8 Å². The number of thiophene rings is 1. The molecule has 0 fully saturated rings. The van der Waals surface area contributed by atoms with Crippen LogP contribution in [0.15, 0.2) is 52.1 Å². The first-order chi connectivity index (χ1) is 9.11. The van der Waals surface area contributed by atoms with Gasteiger partial charge < -0.3 is 5.73 Å². The summed E-state index contributed by atoms with van der Waals surface area (Å²) in [6.45, 7) is 4.16. The fraction of sp³-hybridized carbons (Fsp3) is 0.333. The highest BCUT2D eigenvalue weighted by Crippen LogP contribution is 2.29. The van der Waals surface area contributed by atoms with Crippen LogP contribution in [0.2, 0.25) is 0 Å². The predicted molar refractivity (Wildman–Crippen MR) is 82.7 cm³/mol. The first-order valence-electron chi connectivity index (χ1n) is 6.36. The zero-order chi connectivity index (χ0) is 13.8. The van der Waals surface area contributed by atoms with Gasteiger partial charge >= 0.3 is 0 Å². The zero-order valence-corrected chi connectivity index (χ0v) is 12.8. The first kappa shape index (κ1) is 14.4. The predicted octanol–water partition coefficient (Wildman–Crippen LogP) is 3.58. The van der Waals surface area contributed by atoms with Crippen LogP contribution < -0.4 is 5.73 Å². The maximum Gasteiger partial charge on any atom is 0.0914 e. The van der Waals surface area contributed by atoms with E-state index in [9.17, 15) is 4.21 Å². The van der Waals surface area contributed by atoms with Gasteiger partial charge in [-0.15, -0.1) is 11.3 Å². The quantitative estimate of drug-likeness (QED) is 0.915. The van der Waals surface area contributed by atoms with E-state index in [-0.39, 0.29) is 17.2 Å². The molecular formula is C15H19NOS2. The van der Waals surface area contributed by atoms with Crippen LogP contribution in [0, 0.1) is 5.92 Å². The molecule has 0 radical (unpaired) electrons. The van der Waals surface area contributed by atoms with Gasteiger partial charge in [0, 0.05) is 6.04 Å². The van der Waals surface area contributed by atoms with Gasteiger partial charge in [-0.05, 0) is 22.9 Å². The molecule has 1 aromatic carbocycles. The Morgan fingerprint density at radius 2 is 1.79 bits per heavy atom. The van der Waals surface area contributed by atoms with E-state index in [1.807, 2.05) is 47.8 Å². The molecule has 102 valence electrons. The second-order valence-electron chi connectivity index (χ2n) is 4.87. The van der Waals surface area contributed by atoms with E-state index in [2.05, 4.69) is 13.8 Å². The lowest BCUT2D eigenvalue weighted by atomic mass is 9.97. The fourth-order valence-corrected chi connectivity index (χ4v) is 4.90. The van der Waals surface area contributed by atoms with E-state index in [1.54, 1.807) is 0 Å². The molecule has 3 unspecified atom stereocenters. The van der Waals surface area contributed by atoms with E-state index < -0.39 is 10.8 Å². The standard InChI is InChI=1S/C15H19NOS2/c1-11(2)15(19(17)13-9-6-10-18-13)14(16)12-7-4-3-5-8-12/h3-11,14-15H,16H2,1-2H3. The molecule has 19 heavy (non-hydrogen) atoms. The summed E-state index contributed by atoms with van der Waals surface area (Å²) in [5.41, 5.74) is 7.41. The molecule has 0 aliphatic rings. The molecule has 2 rings (SSSR count). The summed E-state index contributed by atoms with van der Waals surface area (Å²) in [6, 6.07) is 13.6. The summed E-state index contributed by atoms with van der Waals surface area (Å²) in [5, 5.41) is 1.89. The Bertz CT molecular complexity index is 522. The Kier molecular flexibility index (Phi) is 4.91. The number of nitrogens with two attached hydrogens (primary N) is 1. The van der Waals surface area contributed by atoms with Crippen molar-refractivity contribution in [2.75, 3.05) is 0 Å². The summed E-state index contributed by atoms with van der Waals surface area (Å²) < 4.78 is 13.6. The summed E-state index contributed by atoms with van der Waals surface area (Å²) in [4.78, 5) is 0. The molecule has 3 atom stereocenters. The van der Waals surface area contributed by atoms with Gasteiger partial charge in [0.15, 0.2) is 0 Å². The average Bonchev–Trinajstić information content (AvgIpc) is 2.93. The van der Waals surface area contributed by atoms with Gasteiger partial charge in [-0.1, -0.05) is 50.2 Å². The largest absolute Gasteiger partial charge is 0.323 e. The summed E-state index contributed by atoms with van der Waals surface area (Å²) in [5.74, 6) is 0.262. The normalized spacial score (nSPS) is 16.2. The highest BCUT2D eigenvalue weighted by molar-refractivity contribution is 7.88. The van der Waals surface area contributed by atoms with Gasteiger partial charge in [-0.2, -0.15) is 0 Å². The maximum absolute atomic E-state index is 12.7. The van der Waals surface area contributed by atoms with Crippen molar-refractivity contribution in [3.8, 4) is 0 Å². The Balaban J connectivity index is 2.28. The maximum atomic E-state index is 12.7. The third-order valence-electron chi connectivity index (χ3n) is 3.14. The van der Waals surface area contributed by atoms with Crippen molar-refractivity contribution in [2.45, 2.75) is 29.3 Å². The summed E-state index contributed by atoms with van der Waals surface area (Å²) in [7, 11) is -1.06. The second kappa shape index (κ2) is 6.46. The highest BCUT2D eigenvalue weighted by Gasteiger charge is 2.29. The lowest BCUT2D eigenvalue weighted by Gasteiger charge is -2.26. The molecule has 1 aromatic heterocycles. The molecule has 0 saturated carbocycles. The van der Waals surface area contributed by atoms with Crippen LogP contribution >= 0.6 is 11.3 Å². The lowest BCUT2D eigenvalue weighted by molar-refractivity contribution is 0.511. The van der Waals surface area contributed by atoms with Crippen LogP contribution in [0.4, 0.5) is 0 Å². The van der Waals surface area contributed by atoms with Gasteiger partial charge in [-0.3, -0.25) is 4.21 Å². The van der Waals surface area contributed by atoms with Crippen LogP contribution in [0.25, 0.3) is 0 Å². The van der Waals surface area contributed by atoms with Crippen molar-refractivity contribution in [3.05, 3.63) is 53.4 Å². The molecule has 0 amide bonds. The Labute approximate surface area is 121 Å². The molecular weight excluding hydrogens is 274 g/mol. The Hall–Kier alpha value is -0.970. The SMILES string of the molecule is CC(C)C(C(N)c1ccccc1)S(=O)c1cccs1. The van der Waals surface area contributed by atoms with Gasteiger partial charge in [0.05, 0.1) is 20.3 Å². The summed E-state index contributed by atoms with van der Waals surface area (Å²) in [6.07, 6.45) is 0. The van der Waals surface area contributed by atoms with E-state index >= 15 is 0 Å². The molecule has 0 aliphatic carbocycles. The molecule has 0 bridgehead atoms. The van der Waals surface area contributed by atoms with Crippen LogP contribution in [0.3, 0.4) is 0 Å². The van der Waals surface area contributed by atoms with Crippen molar-refractivity contribution >= 4 is 22.1 Å². The van der Waals surface area contributed by atoms with Crippen molar-refractivity contribution in [3.63, 3.8) is 0 Å². The minimum Gasteiger partial charge on any atom is -0.323 e. The van der Waals surface area contributed by atoms with E-state index in [0.29, 0.717) is 0 Å². The monoisotopic (exact) mass is 293 g/mol. The zero-order valence-electron chi connectivity index (χ0n) is 11.2. The average molecular weight is 293 g/mol. The first-order valence-corrected chi connectivity index (χ1v) is 8.45. The van der Waals surface area contributed by atoms with Gasteiger partial charge in [-0.25, -0.2) is 0 Å². The second-order valence-corrected chi connectivity index (χ2v) is 7.66. The third-order valence-corrected chi connectivity index (χ3v) is 6.44. The lowest BCUT2D eigenvalue weighted by Crippen LogP contribution is -2.34. The third kappa shape index (κ3) is 3.32. The minimum atomic E-state index is -1.06. The van der Waals surface area contributed by atoms with Crippen LogP contribution in [0.1, 0.15) is 25.5 Å². The molecule has 4 heteroatoms. The molecule has 0 saturated heterocycles. The van der Waals surface area contributed by atoms with Crippen molar-refractivity contribution in [2.24, 2.45) is 11.7 Å². The molecule has 2 N–H and O–H groups in total. The van der Waals surface area contributed by atoms with Crippen molar-refractivity contribution in [1.82, 2.24) is 0 Å². The molecule has 0 aliphatic heterocycles. The summed E-state index contributed by atoms with van der Waals surface area (Å²) >= 11 is 1.53. The van der Waals surface area contributed by atoms with Crippen LogP contribution in [0.5, 0.6) is 0 Å². The number of benzene rings is 1. The van der Waals surface area contributed by atoms with Gasteiger partial charge in [0.2, 0.25) is 0 Å². The minimum absolute atomic E-state index is 0.0685. The molecule has 2 aromatic rings. The molecule has 2 nitrogen and oxygen atoms in total. The van der Waals surface area contributed by atoms with E-state index in [1.165, 1.54) is 11.3 Å². The highest BCUT2D eigenvalue weighted by atomic mass is 32.2. The number of hydrogen-bond donors (Lipinski definition) is 1. The van der Waals surface area contributed by atoms with E-state index in [0.717, 1.165) is 9.77 Å². The smallest absolute Gasteiger partial charge is 0.0914 e. The van der Waals surface area contributed by atoms with E-state index in [4.69, 9.17) is 5.73 Å². The molecule has 0 spiro atoms. The van der Waals surface area contributed by atoms with Crippen LogP contribution in [-0.4, -0.2) is 9.46 Å². The Morgan fingerprint density at radius 3 is 2.32 bits per heavy atom. The van der Waals surface area contributed by atoms with Gasteiger partial charge in [0.25, 0.3) is 0 Å². The number of rotatable bonds is 5. The van der Waals surface area contributed by atoms with Crippen molar-refractivity contribution in [1.29, 1.82) is 0 Å². The molecule has 1 heterocycles. The number of hydrogen-bond acceptors (Lipinski definition) is 3. The fourth-order valence-electron chi connectivity index (χ4n) is 2.17. The van der Waals surface area contributed by atoms with Gasteiger partial charge in [0.1, 0.15) is 0 Å².